The second-order valence-electron chi connectivity index (χ2n) is 13.6. The van der Waals surface area contributed by atoms with Gasteiger partial charge in [-0.05, 0) is 50.3 Å². The number of likely N-dealkylation sites (N-methyl/N-ethyl adjacent to an activating group) is 1. The number of methoxy groups -OCH3 is 3. The third-order valence-corrected chi connectivity index (χ3v) is 12.5. The van der Waals surface area contributed by atoms with Gasteiger partial charge in [0.2, 0.25) is 5.91 Å². The monoisotopic (exact) mass is 584 g/mol. The highest BCUT2D eigenvalue weighted by atomic mass is 16.6. The maximum atomic E-state index is 14.0. The van der Waals surface area contributed by atoms with E-state index in [4.69, 9.17) is 18.9 Å². The van der Waals surface area contributed by atoms with Crippen LogP contribution in [0, 0.1) is 35.0 Å². The molecule has 7 rings (SSSR count). The molecular formula is C32H44N2O8. The first-order valence-corrected chi connectivity index (χ1v) is 15.5. The van der Waals surface area contributed by atoms with Crippen LogP contribution in [0.5, 0.6) is 0 Å². The predicted octanol–water partition coefficient (Wildman–Crippen LogP) is 2.08. The van der Waals surface area contributed by atoms with Crippen LogP contribution in [0.1, 0.15) is 49.9 Å². The molecule has 0 aromatic heterocycles. The van der Waals surface area contributed by atoms with Crippen molar-refractivity contribution in [2.24, 2.45) is 35.0 Å². The van der Waals surface area contributed by atoms with Gasteiger partial charge < -0.3 is 34.5 Å². The largest absolute Gasteiger partial charge is 0.454 e. The number of para-hydroxylation sites is 1. The first kappa shape index (κ1) is 28.7. The van der Waals surface area contributed by atoms with E-state index in [1.807, 2.05) is 0 Å². The second kappa shape index (κ2) is 9.71. The summed E-state index contributed by atoms with van der Waals surface area (Å²) < 4.78 is 25.1. The average molecular weight is 585 g/mol. The number of anilines is 1. The Morgan fingerprint density at radius 2 is 1.81 bits per heavy atom. The minimum atomic E-state index is -1.25. The first-order chi connectivity index (χ1) is 20.1. The topological polar surface area (TPSA) is 127 Å². The molecule has 5 aliphatic carbocycles. The smallest absolute Gasteiger partial charge is 0.340 e. The lowest BCUT2D eigenvalue weighted by atomic mass is 9.44. The number of piperidine rings is 1. The summed E-state index contributed by atoms with van der Waals surface area (Å²) in [6, 6.07) is 7.02. The summed E-state index contributed by atoms with van der Waals surface area (Å²) in [7, 11) is 5.06. The zero-order valence-corrected chi connectivity index (χ0v) is 25.1. The maximum absolute atomic E-state index is 14.0. The van der Waals surface area contributed by atoms with Crippen molar-refractivity contribution in [1.82, 2.24) is 4.90 Å². The minimum Gasteiger partial charge on any atom is -0.454 e. The van der Waals surface area contributed by atoms with Crippen LogP contribution in [0.3, 0.4) is 0 Å². The van der Waals surface area contributed by atoms with E-state index in [0.29, 0.717) is 43.5 Å². The molecule has 6 fully saturated rings. The van der Waals surface area contributed by atoms with Crippen LogP contribution in [-0.2, 0) is 23.7 Å². The van der Waals surface area contributed by atoms with E-state index < -0.39 is 46.8 Å². The SMILES string of the molecule is CCN1C[C@@]2(OC(=O)c3ccccc3NC(C)=O)CC[C@@H](OC)[C@]34[C@@H]2C[C@H]([C@@H]2[C@H](O)[C@H](OC)[C@@H]5C[C@@H]3[C@]2(O)[C@H]5OC)[C@@H]14. The van der Waals surface area contributed by atoms with Gasteiger partial charge in [0.15, 0.2) is 0 Å². The number of benzene rings is 1. The summed E-state index contributed by atoms with van der Waals surface area (Å²) in [6.07, 6.45) is 0.833. The van der Waals surface area contributed by atoms with Crippen molar-refractivity contribution in [1.29, 1.82) is 0 Å². The highest BCUT2D eigenvalue weighted by Gasteiger charge is 2.86. The molecule has 1 aromatic rings. The van der Waals surface area contributed by atoms with Crippen LogP contribution in [0.4, 0.5) is 5.69 Å². The van der Waals surface area contributed by atoms with Gasteiger partial charge in [-0.1, -0.05) is 19.1 Å². The molecule has 42 heavy (non-hydrogen) atoms. The molecule has 7 bridgehead atoms. The lowest BCUT2D eigenvalue weighted by Crippen LogP contribution is -2.80. The number of amides is 1. The van der Waals surface area contributed by atoms with Gasteiger partial charge in [-0.25, -0.2) is 4.79 Å². The molecule has 1 aromatic carbocycles. The number of carbonyl (C=O) groups is 2. The summed E-state index contributed by atoms with van der Waals surface area (Å²) in [4.78, 5) is 28.4. The van der Waals surface area contributed by atoms with Crippen molar-refractivity contribution < 1.29 is 38.7 Å². The molecule has 5 saturated carbocycles. The van der Waals surface area contributed by atoms with Crippen molar-refractivity contribution in [3.63, 3.8) is 0 Å². The molecule has 3 N–H and O–H groups in total. The van der Waals surface area contributed by atoms with Crippen molar-refractivity contribution in [3.05, 3.63) is 29.8 Å². The molecule has 6 aliphatic rings. The van der Waals surface area contributed by atoms with Crippen LogP contribution >= 0.6 is 0 Å². The summed E-state index contributed by atoms with van der Waals surface area (Å²) >= 11 is 0. The summed E-state index contributed by atoms with van der Waals surface area (Å²) in [5.41, 5.74) is -1.80. The maximum Gasteiger partial charge on any atom is 0.340 e. The Bertz CT molecular complexity index is 1280. The van der Waals surface area contributed by atoms with E-state index >= 15 is 0 Å². The zero-order valence-electron chi connectivity index (χ0n) is 25.1. The Balaban J connectivity index is 1.37. The number of rotatable bonds is 7. The molecule has 1 heterocycles. The third kappa shape index (κ3) is 3.31. The number of aliphatic hydroxyl groups is 2. The molecule has 10 heteroatoms. The fourth-order valence-electron chi connectivity index (χ4n) is 11.7. The first-order valence-electron chi connectivity index (χ1n) is 15.5. The third-order valence-electron chi connectivity index (χ3n) is 12.5. The molecule has 10 nitrogen and oxygen atoms in total. The Morgan fingerprint density at radius 3 is 2.48 bits per heavy atom. The van der Waals surface area contributed by atoms with Gasteiger partial charge in [0.25, 0.3) is 0 Å². The van der Waals surface area contributed by atoms with Crippen LogP contribution in [0.15, 0.2) is 24.3 Å². The van der Waals surface area contributed by atoms with Gasteiger partial charge in [-0.15, -0.1) is 0 Å². The Kier molecular flexibility index (Phi) is 6.63. The van der Waals surface area contributed by atoms with E-state index in [2.05, 4.69) is 17.1 Å². The lowest BCUT2D eigenvalue weighted by molar-refractivity contribution is -0.309. The number of ether oxygens (including phenoxy) is 4. The van der Waals surface area contributed by atoms with Gasteiger partial charge in [-0.2, -0.15) is 0 Å². The zero-order chi connectivity index (χ0) is 29.8. The van der Waals surface area contributed by atoms with Gasteiger partial charge in [0, 0.05) is 69.9 Å². The number of nitrogens with zero attached hydrogens (tertiary/aromatic N) is 1. The number of esters is 1. The van der Waals surface area contributed by atoms with E-state index in [-0.39, 0.29) is 41.7 Å². The van der Waals surface area contributed by atoms with Crippen molar-refractivity contribution in [2.45, 2.75) is 81.2 Å². The number of hydrogen-bond acceptors (Lipinski definition) is 9. The second-order valence-corrected chi connectivity index (χ2v) is 13.6. The molecule has 230 valence electrons. The molecule has 1 amide bonds. The van der Waals surface area contributed by atoms with E-state index in [1.165, 1.54) is 6.92 Å². The lowest BCUT2D eigenvalue weighted by Gasteiger charge is -2.69. The Labute approximate surface area is 247 Å². The van der Waals surface area contributed by atoms with Crippen molar-refractivity contribution >= 4 is 17.6 Å². The fraction of sp³-hybridized carbons (Fsp3) is 0.750. The standard InChI is InChI=1S/C32H44N2O8/c1-6-34-15-30(42-29(37)17-9-7-8-10-20(17)33-16(2)35)12-11-23(39-3)31-21(30)13-18(27(31)34)24-25(36)26(40-4)19-14-22(31)32(24,38)28(19)41-5/h7-10,18-19,21-28,36,38H,6,11-15H2,1-5H3,(H,33,35)/t18-,19+,21-,22+,23-,24-,25+,26-,27-,28+,30+,31+,32-/m1/s1. The number of aliphatic hydroxyl groups excluding tert-OH is 1. The molecule has 1 spiro atoms. The van der Waals surface area contributed by atoms with Crippen molar-refractivity contribution in [3.8, 4) is 0 Å². The predicted molar refractivity (Wildman–Crippen MR) is 152 cm³/mol. The fourth-order valence-corrected chi connectivity index (χ4v) is 11.7. The van der Waals surface area contributed by atoms with Gasteiger partial charge >= 0.3 is 5.97 Å². The Morgan fingerprint density at radius 1 is 1.07 bits per heavy atom. The van der Waals surface area contributed by atoms with E-state index in [1.54, 1.807) is 45.6 Å². The van der Waals surface area contributed by atoms with Gasteiger partial charge in [0.1, 0.15) is 11.2 Å². The van der Waals surface area contributed by atoms with Gasteiger partial charge in [-0.3, -0.25) is 9.69 Å². The molecule has 0 unspecified atom stereocenters. The number of hydrogen-bond donors (Lipinski definition) is 3. The van der Waals surface area contributed by atoms with E-state index in [9.17, 15) is 19.8 Å². The van der Waals surface area contributed by atoms with E-state index in [0.717, 1.165) is 6.54 Å². The molecular weight excluding hydrogens is 540 g/mol. The highest BCUT2D eigenvalue weighted by Crippen LogP contribution is 2.78. The minimum absolute atomic E-state index is 0.0523. The number of likely N-dealkylation sites (tertiary alicyclic amines) is 1. The van der Waals surface area contributed by atoms with Crippen molar-refractivity contribution in [2.75, 3.05) is 39.7 Å². The number of carbonyl (C=O) groups excluding carboxylic acids is 2. The van der Waals surface area contributed by atoms with Crippen LogP contribution in [0.2, 0.25) is 0 Å². The normalized spacial score (nSPS) is 48.2. The summed E-state index contributed by atoms with van der Waals surface area (Å²) in [5, 5.41) is 27.5. The molecule has 1 saturated heterocycles. The highest BCUT2D eigenvalue weighted by molar-refractivity contribution is 6.00. The summed E-state index contributed by atoms with van der Waals surface area (Å²) in [6.45, 7) is 4.88. The Hall–Kier alpha value is -2.08. The van der Waals surface area contributed by atoms with Gasteiger partial charge in [0.05, 0.1) is 35.7 Å². The molecule has 1 aliphatic heterocycles. The van der Waals surface area contributed by atoms with Crippen LogP contribution < -0.4 is 5.32 Å². The van der Waals surface area contributed by atoms with Crippen LogP contribution in [-0.4, -0.2) is 103 Å². The quantitative estimate of drug-likeness (QED) is 0.413. The number of fused-ring (bicyclic) bond motifs is 2. The average Bonchev–Trinajstić information content (AvgIpc) is 3.35. The van der Waals surface area contributed by atoms with Crippen LogP contribution in [0.25, 0.3) is 0 Å². The molecule has 0 radical (unpaired) electrons. The number of nitrogens with one attached hydrogen (secondary N) is 1. The molecule has 13 atom stereocenters. The summed E-state index contributed by atoms with van der Waals surface area (Å²) in [5.74, 6) is -1.66.